The summed E-state index contributed by atoms with van der Waals surface area (Å²) in [5.41, 5.74) is 2.36. The van der Waals surface area contributed by atoms with Crippen LogP contribution in [-0.4, -0.2) is 17.5 Å². The van der Waals surface area contributed by atoms with E-state index in [9.17, 15) is 4.79 Å². The Hall–Kier alpha value is -1.97. The number of hydrogen-bond donors (Lipinski definition) is 0. The van der Waals surface area contributed by atoms with Gasteiger partial charge in [-0.15, -0.1) is 0 Å². The molecule has 1 heterocycles. The van der Waals surface area contributed by atoms with Crippen molar-refractivity contribution in [1.82, 2.24) is 4.90 Å². The van der Waals surface area contributed by atoms with Gasteiger partial charge in [0.2, 0.25) is 0 Å². The smallest absolute Gasteiger partial charge is 0.261 e. The van der Waals surface area contributed by atoms with E-state index in [0.717, 1.165) is 17.5 Å². The Kier molecular flexibility index (Phi) is 5.36. The van der Waals surface area contributed by atoms with E-state index in [1.807, 2.05) is 56.3 Å². The SMILES string of the molecule is CCC(c1cc(Cl)cc(Cl)c1)N1COC(C)=C(c2ccccc2)C1=O. The highest BCUT2D eigenvalue weighted by Crippen LogP contribution is 2.35. The molecule has 25 heavy (non-hydrogen) atoms. The van der Waals surface area contributed by atoms with Crippen molar-refractivity contribution < 1.29 is 9.53 Å². The van der Waals surface area contributed by atoms with Crippen molar-refractivity contribution in [3.8, 4) is 0 Å². The summed E-state index contributed by atoms with van der Waals surface area (Å²) in [5, 5.41) is 1.11. The second-order valence-electron chi connectivity index (χ2n) is 5.97. The number of amides is 1. The molecule has 5 heteroatoms. The second kappa shape index (κ2) is 7.51. The maximum atomic E-state index is 13.2. The van der Waals surface area contributed by atoms with Crippen LogP contribution in [0, 0.1) is 0 Å². The lowest BCUT2D eigenvalue weighted by molar-refractivity contribution is -0.135. The number of allylic oxidation sites excluding steroid dienone is 1. The summed E-state index contributed by atoms with van der Waals surface area (Å²) in [4.78, 5) is 14.9. The summed E-state index contributed by atoms with van der Waals surface area (Å²) >= 11 is 12.3. The Bertz CT molecular complexity index is 797. The summed E-state index contributed by atoms with van der Waals surface area (Å²) in [6.07, 6.45) is 0.729. The van der Waals surface area contributed by atoms with Gasteiger partial charge in [-0.1, -0.05) is 60.5 Å². The van der Waals surface area contributed by atoms with Crippen LogP contribution in [-0.2, 0) is 9.53 Å². The first kappa shape index (κ1) is 17.8. The number of halogens is 2. The van der Waals surface area contributed by atoms with Gasteiger partial charge in [0, 0.05) is 10.0 Å². The summed E-state index contributed by atoms with van der Waals surface area (Å²) in [6, 6.07) is 14.8. The number of rotatable bonds is 4. The topological polar surface area (TPSA) is 29.5 Å². The van der Waals surface area contributed by atoms with Gasteiger partial charge in [0.25, 0.3) is 5.91 Å². The minimum absolute atomic E-state index is 0.0436. The van der Waals surface area contributed by atoms with Crippen LogP contribution in [0.15, 0.2) is 54.3 Å². The highest BCUT2D eigenvalue weighted by molar-refractivity contribution is 6.34. The molecule has 3 rings (SSSR count). The van der Waals surface area contributed by atoms with Crippen LogP contribution >= 0.6 is 23.2 Å². The molecule has 130 valence electrons. The molecule has 0 spiro atoms. The Labute approximate surface area is 157 Å². The predicted molar refractivity (Wildman–Crippen MR) is 101 cm³/mol. The lowest BCUT2D eigenvalue weighted by atomic mass is 9.98. The Morgan fingerprint density at radius 1 is 1.12 bits per heavy atom. The number of hydrogen-bond acceptors (Lipinski definition) is 2. The van der Waals surface area contributed by atoms with E-state index in [2.05, 4.69) is 0 Å². The molecule has 0 N–H and O–H groups in total. The molecular formula is C20H19Cl2NO2. The molecule has 0 fully saturated rings. The molecule has 1 aliphatic heterocycles. The molecule has 1 aliphatic rings. The summed E-state index contributed by atoms with van der Waals surface area (Å²) < 4.78 is 5.81. The van der Waals surface area contributed by atoms with Crippen LogP contribution in [0.1, 0.15) is 37.4 Å². The van der Waals surface area contributed by atoms with Gasteiger partial charge in [0.15, 0.2) is 6.73 Å². The van der Waals surface area contributed by atoms with Gasteiger partial charge in [-0.25, -0.2) is 0 Å². The van der Waals surface area contributed by atoms with Crippen LogP contribution in [0.5, 0.6) is 0 Å². The third-order valence-electron chi connectivity index (χ3n) is 4.34. The summed E-state index contributed by atoms with van der Waals surface area (Å²) in [5.74, 6) is 0.601. The molecule has 3 nitrogen and oxygen atoms in total. The molecule has 1 unspecified atom stereocenters. The monoisotopic (exact) mass is 375 g/mol. The van der Waals surface area contributed by atoms with Crippen LogP contribution in [0.4, 0.5) is 0 Å². The quantitative estimate of drug-likeness (QED) is 0.686. The van der Waals surface area contributed by atoms with E-state index < -0.39 is 0 Å². The fourth-order valence-corrected chi connectivity index (χ4v) is 3.70. The third kappa shape index (κ3) is 3.68. The molecule has 1 atom stereocenters. The van der Waals surface area contributed by atoms with E-state index >= 15 is 0 Å². The van der Waals surface area contributed by atoms with Gasteiger partial charge in [-0.3, -0.25) is 9.69 Å². The van der Waals surface area contributed by atoms with E-state index in [4.69, 9.17) is 27.9 Å². The minimum atomic E-state index is -0.157. The molecule has 2 aromatic carbocycles. The van der Waals surface area contributed by atoms with Gasteiger partial charge in [-0.2, -0.15) is 0 Å². The van der Waals surface area contributed by atoms with E-state index in [0.29, 0.717) is 21.4 Å². The first-order valence-corrected chi connectivity index (χ1v) is 8.93. The van der Waals surface area contributed by atoms with Crippen LogP contribution in [0.25, 0.3) is 5.57 Å². The lowest BCUT2D eigenvalue weighted by Gasteiger charge is -2.36. The minimum Gasteiger partial charge on any atom is -0.477 e. The van der Waals surface area contributed by atoms with Crippen LogP contribution in [0.2, 0.25) is 10.0 Å². The van der Waals surface area contributed by atoms with Gasteiger partial charge < -0.3 is 4.74 Å². The van der Waals surface area contributed by atoms with Crippen molar-refractivity contribution in [3.63, 3.8) is 0 Å². The maximum absolute atomic E-state index is 13.2. The number of benzene rings is 2. The second-order valence-corrected chi connectivity index (χ2v) is 6.85. The molecular weight excluding hydrogens is 357 g/mol. The molecule has 0 saturated heterocycles. The Morgan fingerprint density at radius 3 is 2.36 bits per heavy atom. The largest absolute Gasteiger partial charge is 0.477 e. The van der Waals surface area contributed by atoms with E-state index in [1.165, 1.54) is 0 Å². The number of ether oxygens (including phenoxy) is 1. The van der Waals surface area contributed by atoms with Gasteiger partial charge >= 0.3 is 0 Å². The maximum Gasteiger partial charge on any atom is 0.261 e. The normalized spacial score (nSPS) is 16.0. The molecule has 2 aromatic rings. The highest BCUT2D eigenvalue weighted by atomic mass is 35.5. The molecule has 1 amide bonds. The fraction of sp³-hybridized carbons (Fsp3) is 0.250. The first-order valence-electron chi connectivity index (χ1n) is 8.17. The van der Waals surface area contributed by atoms with Crippen LogP contribution in [0.3, 0.4) is 0 Å². The molecule has 0 radical (unpaired) electrons. The third-order valence-corrected chi connectivity index (χ3v) is 4.78. The van der Waals surface area contributed by atoms with Gasteiger partial charge in [-0.05, 0) is 42.7 Å². The lowest BCUT2D eigenvalue weighted by Crippen LogP contribution is -2.40. The Morgan fingerprint density at radius 2 is 1.76 bits per heavy atom. The van der Waals surface area contributed by atoms with Gasteiger partial charge in [0.1, 0.15) is 5.76 Å². The fourth-order valence-electron chi connectivity index (χ4n) is 3.16. The Balaban J connectivity index is 1.98. The van der Waals surface area contributed by atoms with Crippen molar-refractivity contribution in [2.24, 2.45) is 0 Å². The standard InChI is InChI=1S/C20H19Cl2NO2/c1-3-18(15-9-16(21)11-17(22)10-15)23-12-25-13(2)19(20(23)24)14-7-5-4-6-8-14/h4-11,18H,3,12H2,1-2H3. The van der Waals surface area contributed by atoms with Crippen molar-refractivity contribution in [2.75, 3.05) is 6.73 Å². The number of carbonyl (C=O) groups is 1. The summed E-state index contributed by atoms with van der Waals surface area (Å²) in [6.45, 7) is 4.07. The average Bonchev–Trinajstić information content (AvgIpc) is 2.58. The first-order chi connectivity index (χ1) is 12.0. The van der Waals surface area contributed by atoms with Crippen LogP contribution < -0.4 is 0 Å². The zero-order valence-corrected chi connectivity index (χ0v) is 15.6. The molecule has 0 aliphatic carbocycles. The van der Waals surface area contributed by atoms with E-state index in [-0.39, 0.29) is 18.7 Å². The highest BCUT2D eigenvalue weighted by Gasteiger charge is 2.32. The zero-order valence-electron chi connectivity index (χ0n) is 14.1. The number of nitrogens with zero attached hydrogens (tertiary/aromatic N) is 1. The van der Waals surface area contributed by atoms with Crippen molar-refractivity contribution in [3.05, 3.63) is 75.5 Å². The number of carbonyl (C=O) groups excluding carboxylic acids is 1. The van der Waals surface area contributed by atoms with Crippen molar-refractivity contribution >= 4 is 34.7 Å². The van der Waals surface area contributed by atoms with E-state index in [1.54, 1.807) is 11.0 Å². The molecule has 0 saturated carbocycles. The summed E-state index contributed by atoms with van der Waals surface area (Å²) in [7, 11) is 0. The molecule has 0 bridgehead atoms. The van der Waals surface area contributed by atoms with Gasteiger partial charge in [0.05, 0.1) is 11.6 Å². The predicted octanol–water partition coefficient (Wildman–Crippen LogP) is 5.69. The van der Waals surface area contributed by atoms with Crippen molar-refractivity contribution in [1.29, 1.82) is 0 Å². The van der Waals surface area contributed by atoms with Crippen molar-refractivity contribution in [2.45, 2.75) is 26.3 Å². The molecule has 0 aromatic heterocycles. The average molecular weight is 376 g/mol. The zero-order chi connectivity index (χ0) is 18.0.